The molecule has 2 aromatic heterocycles. The number of carboxylic acid groups (broad SMARTS) is 1. The van der Waals surface area contributed by atoms with Crippen molar-refractivity contribution < 1.29 is 14.6 Å². The molecule has 7 heteroatoms. The normalized spacial score (nSPS) is 20.4. The Bertz CT molecular complexity index is 775. The van der Waals surface area contributed by atoms with Crippen molar-refractivity contribution in [3.8, 4) is 11.3 Å². The smallest absolute Gasteiger partial charge is 0.338 e. The number of carboxylic acids is 1. The van der Waals surface area contributed by atoms with Crippen molar-refractivity contribution in [1.82, 2.24) is 19.9 Å². The number of pyridine rings is 1. The summed E-state index contributed by atoms with van der Waals surface area (Å²) >= 11 is 0. The first-order chi connectivity index (χ1) is 12.2. The van der Waals surface area contributed by atoms with Gasteiger partial charge in [0.1, 0.15) is 6.33 Å². The van der Waals surface area contributed by atoms with Gasteiger partial charge in [0.15, 0.2) is 0 Å². The lowest BCUT2D eigenvalue weighted by molar-refractivity contribution is 0.0695. The maximum absolute atomic E-state index is 11.9. The van der Waals surface area contributed by atoms with Gasteiger partial charge in [-0.25, -0.2) is 14.8 Å². The van der Waals surface area contributed by atoms with Crippen LogP contribution in [-0.2, 0) is 17.7 Å². The highest BCUT2D eigenvalue weighted by molar-refractivity contribution is 5.96. The fourth-order valence-electron chi connectivity index (χ4n) is 3.72. The zero-order valence-corrected chi connectivity index (χ0v) is 13.9. The number of carbonyl (C=O) groups is 1. The third-order valence-electron chi connectivity index (χ3n) is 4.94. The van der Waals surface area contributed by atoms with Gasteiger partial charge in [-0.15, -0.1) is 0 Å². The number of hydrogen-bond donors (Lipinski definition) is 1. The Balaban J connectivity index is 1.64. The molecule has 1 saturated heterocycles. The molecule has 2 aliphatic heterocycles. The predicted octanol–water partition coefficient (Wildman–Crippen LogP) is 1.63. The molecule has 7 nitrogen and oxygen atoms in total. The monoisotopic (exact) mass is 340 g/mol. The van der Waals surface area contributed by atoms with Crippen LogP contribution in [0.4, 0.5) is 0 Å². The predicted molar refractivity (Wildman–Crippen MR) is 90.1 cm³/mol. The fourth-order valence-corrected chi connectivity index (χ4v) is 3.72. The molecule has 0 amide bonds. The second-order valence-corrected chi connectivity index (χ2v) is 6.63. The molecule has 2 aromatic rings. The highest BCUT2D eigenvalue weighted by Gasteiger charge is 2.27. The summed E-state index contributed by atoms with van der Waals surface area (Å²) in [5, 5.41) is 9.77. The molecule has 4 heterocycles. The molecule has 130 valence electrons. The molecule has 0 aliphatic carbocycles. The molecule has 1 fully saturated rings. The Hall–Kier alpha value is -2.38. The van der Waals surface area contributed by atoms with Gasteiger partial charge in [-0.2, -0.15) is 0 Å². The molecule has 0 spiro atoms. The highest BCUT2D eigenvalue weighted by atomic mass is 16.5. The first-order valence-corrected chi connectivity index (χ1v) is 8.52. The van der Waals surface area contributed by atoms with Crippen molar-refractivity contribution in [2.24, 2.45) is 5.92 Å². The van der Waals surface area contributed by atoms with E-state index < -0.39 is 5.97 Å². The lowest BCUT2D eigenvalue weighted by Gasteiger charge is -2.31. The summed E-state index contributed by atoms with van der Waals surface area (Å²) in [7, 11) is 0. The minimum absolute atomic E-state index is 0.288. The maximum Gasteiger partial charge on any atom is 0.338 e. The van der Waals surface area contributed by atoms with E-state index in [0.717, 1.165) is 50.4 Å². The zero-order valence-electron chi connectivity index (χ0n) is 13.9. The second-order valence-electron chi connectivity index (χ2n) is 6.63. The molecule has 0 radical (unpaired) electrons. The number of rotatable bonds is 4. The van der Waals surface area contributed by atoms with Crippen molar-refractivity contribution in [3.63, 3.8) is 0 Å². The summed E-state index contributed by atoms with van der Waals surface area (Å²) in [6.07, 6.45) is 8.25. The van der Waals surface area contributed by atoms with E-state index >= 15 is 0 Å². The van der Waals surface area contributed by atoms with Crippen LogP contribution in [0.5, 0.6) is 0 Å². The summed E-state index contributed by atoms with van der Waals surface area (Å²) in [4.78, 5) is 26.7. The van der Waals surface area contributed by atoms with Crippen LogP contribution in [0.2, 0.25) is 0 Å². The van der Waals surface area contributed by atoms with Crippen molar-refractivity contribution in [2.45, 2.75) is 19.4 Å². The van der Waals surface area contributed by atoms with Crippen LogP contribution in [0.1, 0.15) is 27.9 Å². The Kier molecular flexibility index (Phi) is 4.42. The molecule has 4 rings (SSSR count). The number of hydrogen-bond acceptors (Lipinski definition) is 6. The third-order valence-corrected chi connectivity index (χ3v) is 4.94. The van der Waals surface area contributed by atoms with Crippen molar-refractivity contribution >= 4 is 5.97 Å². The van der Waals surface area contributed by atoms with Gasteiger partial charge in [-0.1, -0.05) is 0 Å². The lowest BCUT2D eigenvalue weighted by atomic mass is 9.92. The molecular weight excluding hydrogens is 320 g/mol. The molecule has 0 aromatic carbocycles. The van der Waals surface area contributed by atoms with E-state index in [4.69, 9.17) is 4.74 Å². The van der Waals surface area contributed by atoms with Crippen molar-refractivity contribution in [2.75, 3.05) is 26.3 Å². The Morgan fingerprint density at radius 1 is 1.32 bits per heavy atom. The summed E-state index contributed by atoms with van der Waals surface area (Å²) in [5.74, 6) is -0.366. The molecular formula is C18H20N4O3. The average Bonchev–Trinajstić information content (AvgIpc) is 3.14. The largest absolute Gasteiger partial charge is 0.478 e. The van der Waals surface area contributed by atoms with Gasteiger partial charge in [-0.3, -0.25) is 9.88 Å². The number of aromatic carboxylic acids is 1. The van der Waals surface area contributed by atoms with Gasteiger partial charge in [0, 0.05) is 50.4 Å². The van der Waals surface area contributed by atoms with Gasteiger partial charge in [0.05, 0.1) is 17.9 Å². The molecule has 0 bridgehead atoms. The topological polar surface area (TPSA) is 88.4 Å². The van der Waals surface area contributed by atoms with Crippen LogP contribution in [0.25, 0.3) is 11.3 Å². The highest BCUT2D eigenvalue weighted by Crippen LogP contribution is 2.30. The summed E-state index contributed by atoms with van der Waals surface area (Å²) in [6, 6.07) is 0. The van der Waals surface area contributed by atoms with Gasteiger partial charge >= 0.3 is 5.97 Å². The summed E-state index contributed by atoms with van der Waals surface area (Å²) < 4.78 is 5.45. The van der Waals surface area contributed by atoms with E-state index in [-0.39, 0.29) is 5.56 Å². The van der Waals surface area contributed by atoms with Crippen LogP contribution < -0.4 is 0 Å². The minimum atomic E-state index is -0.944. The van der Waals surface area contributed by atoms with E-state index in [9.17, 15) is 9.90 Å². The molecule has 25 heavy (non-hydrogen) atoms. The molecule has 1 atom stereocenters. The Morgan fingerprint density at radius 2 is 2.16 bits per heavy atom. The zero-order chi connectivity index (χ0) is 17.2. The maximum atomic E-state index is 11.9. The second kappa shape index (κ2) is 6.85. The van der Waals surface area contributed by atoms with Crippen molar-refractivity contribution in [1.29, 1.82) is 0 Å². The van der Waals surface area contributed by atoms with Gasteiger partial charge < -0.3 is 9.84 Å². The first kappa shape index (κ1) is 16.1. The lowest BCUT2D eigenvalue weighted by Crippen LogP contribution is -2.35. The minimum Gasteiger partial charge on any atom is -0.478 e. The van der Waals surface area contributed by atoms with Crippen LogP contribution in [0.15, 0.2) is 24.9 Å². The van der Waals surface area contributed by atoms with Gasteiger partial charge in [0.2, 0.25) is 0 Å². The van der Waals surface area contributed by atoms with Crippen LogP contribution in [-0.4, -0.2) is 57.2 Å². The molecule has 2 aliphatic rings. The van der Waals surface area contributed by atoms with Gasteiger partial charge in [0.25, 0.3) is 0 Å². The Morgan fingerprint density at radius 3 is 2.88 bits per heavy atom. The number of fused-ring (bicyclic) bond motifs is 1. The SMILES string of the molecule is O=C(O)c1c(-c2cncnc2)ncc2c1CCN(C[C@@H]1CCOC1)C2. The van der Waals surface area contributed by atoms with E-state index in [1.54, 1.807) is 18.6 Å². The number of nitrogens with zero attached hydrogens (tertiary/aromatic N) is 4. The van der Waals surface area contributed by atoms with Crippen LogP contribution in [0, 0.1) is 5.92 Å². The van der Waals surface area contributed by atoms with Crippen LogP contribution >= 0.6 is 0 Å². The van der Waals surface area contributed by atoms with E-state index in [1.165, 1.54) is 6.33 Å². The standard InChI is InChI=1S/C18H20N4O3/c23-18(24)16-15-1-3-22(8-12-2-4-25-10-12)9-14(15)7-21-17(16)13-5-19-11-20-6-13/h5-7,11-12H,1-4,8-10H2,(H,23,24)/t12-/m0/s1. The van der Waals surface area contributed by atoms with E-state index in [2.05, 4.69) is 19.9 Å². The van der Waals surface area contributed by atoms with Crippen molar-refractivity contribution in [3.05, 3.63) is 41.6 Å². The van der Waals surface area contributed by atoms with E-state index in [1.807, 2.05) is 0 Å². The summed E-state index contributed by atoms with van der Waals surface area (Å²) in [6.45, 7) is 4.27. The third kappa shape index (κ3) is 3.25. The average molecular weight is 340 g/mol. The Labute approximate surface area is 145 Å². The first-order valence-electron chi connectivity index (χ1n) is 8.52. The molecule has 1 N–H and O–H groups in total. The molecule has 0 saturated carbocycles. The quantitative estimate of drug-likeness (QED) is 0.905. The fraction of sp³-hybridized carbons (Fsp3) is 0.444. The summed E-state index contributed by atoms with van der Waals surface area (Å²) in [5.41, 5.74) is 3.26. The number of aromatic nitrogens is 3. The number of ether oxygens (including phenoxy) is 1. The van der Waals surface area contributed by atoms with E-state index in [0.29, 0.717) is 23.6 Å². The van der Waals surface area contributed by atoms with Gasteiger partial charge in [-0.05, 0) is 29.9 Å². The molecule has 0 unspecified atom stereocenters. The van der Waals surface area contributed by atoms with Crippen LogP contribution in [0.3, 0.4) is 0 Å².